The van der Waals surface area contributed by atoms with Crippen molar-refractivity contribution in [3.63, 3.8) is 0 Å². The van der Waals surface area contributed by atoms with Gasteiger partial charge in [-0.3, -0.25) is 4.79 Å². The first-order valence-corrected chi connectivity index (χ1v) is 6.96. The predicted molar refractivity (Wildman–Crippen MR) is 63.9 cm³/mol. The third-order valence-corrected chi connectivity index (χ3v) is 4.90. The van der Waals surface area contributed by atoms with Gasteiger partial charge in [0.2, 0.25) is 5.91 Å². The number of nitriles is 1. The Labute approximate surface area is 103 Å². The Morgan fingerprint density at radius 3 is 2.35 bits per heavy atom. The fourth-order valence-electron chi connectivity index (χ4n) is 3.69. The van der Waals surface area contributed by atoms with Crippen LogP contribution in [0.1, 0.15) is 51.4 Å². The Balaban J connectivity index is 1.60. The van der Waals surface area contributed by atoms with Crippen molar-refractivity contribution in [2.75, 3.05) is 0 Å². The van der Waals surface area contributed by atoms with Crippen molar-refractivity contribution in [1.29, 1.82) is 5.26 Å². The second-order valence-electron chi connectivity index (χ2n) is 6.17. The zero-order chi connectivity index (χ0) is 11.9. The summed E-state index contributed by atoms with van der Waals surface area (Å²) in [6.07, 6.45) is 8.51. The van der Waals surface area contributed by atoms with E-state index in [0.717, 1.165) is 50.4 Å². The van der Waals surface area contributed by atoms with Crippen LogP contribution >= 0.6 is 0 Å². The van der Waals surface area contributed by atoms with Crippen molar-refractivity contribution in [1.82, 2.24) is 5.32 Å². The van der Waals surface area contributed by atoms with E-state index in [-0.39, 0.29) is 11.8 Å². The lowest BCUT2D eigenvalue weighted by atomic mass is 9.82. The number of fused-ring (bicyclic) bond motifs is 1. The van der Waals surface area contributed by atoms with Crippen LogP contribution in [-0.4, -0.2) is 11.4 Å². The van der Waals surface area contributed by atoms with Crippen LogP contribution in [0.25, 0.3) is 0 Å². The zero-order valence-corrected chi connectivity index (χ0v) is 10.2. The van der Waals surface area contributed by atoms with Gasteiger partial charge < -0.3 is 5.32 Å². The molecule has 17 heavy (non-hydrogen) atoms. The van der Waals surface area contributed by atoms with Gasteiger partial charge in [0.25, 0.3) is 0 Å². The summed E-state index contributed by atoms with van der Waals surface area (Å²) in [4.78, 5) is 12.2. The van der Waals surface area contributed by atoms with E-state index in [2.05, 4.69) is 11.4 Å². The SMILES string of the molecule is N#CC1(NC(=O)C2CC3CC3C2)CCCCC1. The molecule has 0 aromatic carbocycles. The lowest BCUT2D eigenvalue weighted by Crippen LogP contribution is -2.50. The summed E-state index contributed by atoms with van der Waals surface area (Å²) in [6, 6.07) is 2.36. The highest BCUT2D eigenvalue weighted by molar-refractivity contribution is 5.80. The summed E-state index contributed by atoms with van der Waals surface area (Å²) >= 11 is 0. The highest BCUT2D eigenvalue weighted by Crippen LogP contribution is 2.54. The van der Waals surface area contributed by atoms with Crippen molar-refractivity contribution < 1.29 is 4.79 Å². The van der Waals surface area contributed by atoms with Crippen LogP contribution in [0.5, 0.6) is 0 Å². The monoisotopic (exact) mass is 232 g/mol. The second-order valence-corrected chi connectivity index (χ2v) is 6.17. The summed E-state index contributed by atoms with van der Waals surface area (Å²) in [6.45, 7) is 0. The normalized spacial score (nSPS) is 37.9. The molecular formula is C14H20N2O. The number of carbonyl (C=O) groups is 1. The van der Waals surface area contributed by atoms with E-state index in [9.17, 15) is 10.1 Å². The maximum Gasteiger partial charge on any atom is 0.224 e. The van der Waals surface area contributed by atoms with Crippen LogP contribution in [0.4, 0.5) is 0 Å². The van der Waals surface area contributed by atoms with Gasteiger partial charge in [-0.05, 0) is 43.9 Å². The smallest absolute Gasteiger partial charge is 0.224 e. The second kappa shape index (κ2) is 4.01. The van der Waals surface area contributed by atoms with Crippen molar-refractivity contribution >= 4 is 5.91 Å². The Hall–Kier alpha value is -1.04. The number of amides is 1. The molecule has 3 heteroatoms. The highest BCUT2D eigenvalue weighted by atomic mass is 16.2. The lowest BCUT2D eigenvalue weighted by molar-refractivity contribution is -0.126. The quantitative estimate of drug-likeness (QED) is 0.794. The number of carbonyl (C=O) groups excluding carboxylic acids is 1. The largest absolute Gasteiger partial charge is 0.338 e. The van der Waals surface area contributed by atoms with Crippen LogP contribution in [0.3, 0.4) is 0 Å². The van der Waals surface area contributed by atoms with Crippen LogP contribution in [0.2, 0.25) is 0 Å². The first-order chi connectivity index (χ1) is 8.22. The molecule has 3 aliphatic rings. The zero-order valence-electron chi connectivity index (χ0n) is 10.2. The van der Waals surface area contributed by atoms with E-state index in [1.165, 1.54) is 12.8 Å². The molecule has 3 nitrogen and oxygen atoms in total. The van der Waals surface area contributed by atoms with Gasteiger partial charge in [0.1, 0.15) is 5.54 Å². The summed E-state index contributed by atoms with van der Waals surface area (Å²) in [5.74, 6) is 2.01. The molecule has 3 saturated carbocycles. The van der Waals surface area contributed by atoms with E-state index in [4.69, 9.17) is 0 Å². The van der Waals surface area contributed by atoms with E-state index in [1.54, 1.807) is 0 Å². The Kier molecular flexibility index (Phi) is 2.61. The van der Waals surface area contributed by atoms with Gasteiger partial charge in [-0.15, -0.1) is 0 Å². The van der Waals surface area contributed by atoms with E-state index in [0.29, 0.717) is 0 Å². The molecule has 92 valence electrons. The highest BCUT2D eigenvalue weighted by Gasteiger charge is 2.49. The molecule has 3 aliphatic carbocycles. The minimum atomic E-state index is -0.540. The molecule has 0 saturated heterocycles. The van der Waals surface area contributed by atoms with E-state index >= 15 is 0 Å². The number of nitrogens with one attached hydrogen (secondary N) is 1. The minimum Gasteiger partial charge on any atom is -0.338 e. The molecule has 0 spiro atoms. The summed E-state index contributed by atoms with van der Waals surface area (Å²) in [5, 5.41) is 12.4. The third-order valence-electron chi connectivity index (χ3n) is 4.90. The van der Waals surface area contributed by atoms with Gasteiger partial charge in [-0.25, -0.2) is 0 Å². The third kappa shape index (κ3) is 2.06. The van der Waals surface area contributed by atoms with Gasteiger partial charge in [-0.1, -0.05) is 19.3 Å². The fourth-order valence-corrected chi connectivity index (χ4v) is 3.69. The number of nitrogens with zero attached hydrogens (tertiary/aromatic N) is 1. The molecule has 2 unspecified atom stereocenters. The number of hydrogen-bond acceptors (Lipinski definition) is 2. The molecule has 0 radical (unpaired) electrons. The summed E-state index contributed by atoms with van der Waals surface area (Å²) in [5.41, 5.74) is -0.540. The fraction of sp³-hybridized carbons (Fsp3) is 0.857. The summed E-state index contributed by atoms with van der Waals surface area (Å²) in [7, 11) is 0. The Morgan fingerprint density at radius 1 is 1.12 bits per heavy atom. The molecular weight excluding hydrogens is 212 g/mol. The van der Waals surface area contributed by atoms with Crippen molar-refractivity contribution in [2.24, 2.45) is 17.8 Å². The maximum absolute atomic E-state index is 12.2. The molecule has 3 fully saturated rings. The first-order valence-electron chi connectivity index (χ1n) is 6.96. The van der Waals surface area contributed by atoms with Crippen LogP contribution in [-0.2, 0) is 4.79 Å². The first kappa shape index (κ1) is 11.1. The molecule has 0 aromatic rings. The van der Waals surface area contributed by atoms with E-state index in [1.807, 2.05) is 0 Å². The molecule has 3 rings (SSSR count). The molecule has 1 amide bonds. The van der Waals surface area contributed by atoms with Crippen LogP contribution in [0, 0.1) is 29.1 Å². The molecule has 0 heterocycles. The van der Waals surface area contributed by atoms with Crippen molar-refractivity contribution in [2.45, 2.75) is 56.9 Å². The summed E-state index contributed by atoms with van der Waals surface area (Å²) < 4.78 is 0. The average Bonchev–Trinajstić information content (AvgIpc) is 2.97. The minimum absolute atomic E-state index is 0.153. The van der Waals surface area contributed by atoms with E-state index < -0.39 is 5.54 Å². The molecule has 0 bridgehead atoms. The topological polar surface area (TPSA) is 52.9 Å². The molecule has 2 atom stereocenters. The molecule has 0 aliphatic heterocycles. The predicted octanol–water partition coefficient (Wildman–Crippen LogP) is 2.38. The maximum atomic E-state index is 12.2. The Morgan fingerprint density at radius 2 is 1.76 bits per heavy atom. The van der Waals surface area contributed by atoms with Gasteiger partial charge in [0, 0.05) is 5.92 Å². The standard InChI is InChI=1S/C14H20N2O/c15-9-14(4-2-1-3-5-14)16-13(17)12-7-10-6-11(10)8-12/h10-12H,1-8H2,(H,16,17). The van der Waals surface area contributed by atoms with Gasteiger partial charge in [0.05, 0.1) is 6.07 Å². The lowest BCUT2D eigenvalue weighted by Gasteiger charge is -2.32. The van der Waals surface area contributed by atoms with Gasteiger partial charge >= 0.3 is 0 Å². The number of rotatable bonds is 2. The van der Waals surface area contributed by atoms with Crippen LogP contribution < -0.4 is 5.32 Å². The van der Waals surface area contributed by atoms with Crippen molar-refractivity contribution in [3.05, 3.63) is 0 Å². The molecule has 0 aromatic heterocycles. The van der Waals surface area contributed by atoms with Crippen molar-refractivity contribution in [3.8, 4) is 6.07 Å². The van der Waals surface area contributed by atoms with Gasteiger partial charge in [0.15, 0.2) is 0 Å². The Bertz CT molecular complexity index is 355. The van der Waals surface area contributed by atoms with Gasteiger partial charge in [-0.2, -0.15) is 5.26 Å². The average molecular weight is 232 g/mol. The molecule has 1 N–H and O–H groups in total. The number of hydrogen-bond donors (Lipinski definition) is 1. The van der Waals surface area contributed by atoms with Crippen LogP contribution in [0.15, 0.2) is 0 Å².